The number of hydrogen-bond donors (Lipinski definition) is 0. The highest BCUT2D eigenvalue weighted by Crippen LogP contribution is 2.36. The van der Waals surface area contributed by atoms with E-state index in [9.17, 15) is 0 Å². The fourth-order valence-electron chi connectivity index (χ4n) is 1.87. The summed E-state index contributed by atoms with van der Waals surface area (Å²) in [6.45, 7) is 0.759. The molecule has 0 atom stereocenters. The molecule has 0 N–H and O–H groups in total. The average molecular weight is 575 g/mol. The van der Waals surface area contributed by atoms with Gasteiger partial charge in [0.05, 0.1) is 8.95 Å². The van der Waals surface area contributed by atoms with E-state index < -0.39 is 0 Å². The molecular weight excluding hydrogens is 565 g/mol. The minimum absolute atomic E-state index is 0.349. The SMILES string of the molecule is [B]c1cc(Br)cc([B])c1OC/C=C/COc1c(Br)cc(Br)cc1Br. The molecule has 2 aromatic rings. The second-order valence-corrected chi connectivity index (χ2v) is 8.25. The van der Waals surface area contributed by atoms with Gasteiger partial charge in [0.25, 0.3) is 0 Å². The zero-order valence-corrected chi connectivity index (χ0v) is 18.7. The first-order chi connectivity index (χ1) is 11.4. The maximum absolute atomic E-state index is 5.89. The number of benzene rings is 2. The minimum Gasteiger partial charge on any atom is -0.491 e. The molecule has 4 radical (unpaired) electrons. The van der Waals surface area contributed by atoms with E-state index in [-0.39, 0.29) is 0 Å². The normalized spacial score (nSPS) is 11.0. The van der Waals surface area contributed by atoms with Gasteiger partial charge in [-0.1, -0.05) is 54.9 Å². The lowest BCUT2D eigenvalue weighted by atomic mass is 9.86. The highest BCUT2D eigenvalue weighted by Gasteiger charge is 2.07. The molecule has 0 aromatic heterocycles. The van der Waals surface area contributed by atoms with E-state index in [4.69, 9.17) is 25.2 Å². The predicted octanol–water partition coefficient (Wildman–Crippen LogP) is 4.34. The van der Waals surface area contributed by atoms with E-state index in [0.717, 1.165) is 23.6 Å². The molecule has 24 heavy (non-hydrogen) atoms. The van der Waals surface area contributed by atoms with Crippen LogP contribution in [-0.2, 0) is 0 Å². The third-order valence-electron chi connectivity index (χ3n) is 2.89. The summed E-state index contributed by atoms with van der Waals surface area (Å²) in [7, 11) is 11.8. The molecule has 0 aliphatic heterocycles. The summed E-state index contributed by atoms with van der Waals surface area (Å²) in [5.74, 6) is 1.23. The Kier molecular flexibility index (Phi) is 7.98. The van der Waals surface area contributed by atoms with Crippen LogP contribution in [0, 0.1) is 0 Å². The zero-order chi connectivity index (χ0) is 17.7. The van der Waals surface area contributed by atoms with Crippen LogP contribution in [0.1, 0.15) is 0 Å². The molecule has 8 heteroatoms. The zero-order valence-electron chi connectivity index (χ0n) is 12.4. The Morgan fingerprint density at radius 2 is 1.12 bits per heavy atom. The van der Waals surface area contributed by atoms with Crippen molar-refractivity contribution in [2.45, 2.75) is 0 Å². The Morgan fingerprint density at radius 3 is 1.62 bits per heavy atom. The third kappa shape index (κ3) is 5.68. The fourth-order valence-corrected chi connectivity index (χ4v) is 4.85. The van der Waals surface area contributed by atoms with Gasteiger partial charge >= 0.3 is 0 Å². The van der Waals surface area contributed by atoms with E-state index >= 15 is 0 Å². The predicted molar refractivity (Wildman–Crippen MR) is 115 cm³/mol. The second-order valence-electron chi connectivity index (χ2n) is 4.71. The lowest BCUT2D eigenvalue weighted by molar-refractivity contribution is 0.350. The van der Waals surface area contributed by atoms with Crippen molar-refractivity contribution in [2.75, 3.05) is 13.2 Å². The Bertz CT molecular complexity index is 656. The van der Waals surface area contributed by atoms with Gasteiger partial charge in [-0.25, -0.2) is 0 Å². The molecular formula is C16H10B2Br4O2. The highest BCUT2D eigenvalue weighted by atomic mass is 79.9. The molecule has 0 aliphatic carbocycles. The molecule has 0 bridgehead atoms. The number of rotatable bonds is 6. The molecule has 2 nitrogen and oxygen atoms in total. The van der Waals surface area contributed by atoms with Crippen LogP contribution in [0.25, 0.3) is 0 Å². The van der Waals surface area contributed by atoms with Crippen LogP contribution in [0.15, 0.2) is 54.3 Å². The fraction of sp³-hybridized carbons (Fsp3) is 0.125. The smallest absolute Gasteiger partial charge is 0.148 e. The largest absolute Gasteiger partial charge is 0.491 e. The van der Waals surface area contributed by atoms with Gasteiger partial charge in [-0.2, -0.15) is 0 Å². The summed E-state index contributed by atoms with van der Waals surface area (Å²) >= 11 is 13.7. The quantitative estimate of drug-likeness (QED) is 0.377. The Balaban J connectivity index is 1.86. The molecule has 120 valence electrons. The molecule has 0 fully saturated rings. The lowest BCUT2D eigenvalue weighted by Gasteiger charge is -2.12. The van der Waals surface area contributed by atoms with Gasteiger partial charge in [0.2, 0.25) is 0 Å². The molecule has 0 aliphatic rings. The van der Waals surface area contributed by atoms with Gasteiger partial charge in [-0.05, 0) is 56.1 Å². The Morgan fingerprint density at radius 1 is 0.708 bits per heavy atom. The van der Waals surface area contributed by atoms with Crippen molar-refractivity contribution in [3.05, 3.63) is 54.3 Å². The number of halogens is 4. The van der Waals surface area contributed by atoms with Gasteiger partial charge in [0.1, 0.15) is 40.4 Å². The van der Waals surface area contributed by atoms with Crippen molar-refractivity contribution in [2.24, 2.45) is 0 Å². The van der Waals surface area contributed by atoms with Crippen LogP contribution in [0.4, 0.5) is 0 Å². The topological polar surface area (TPSA) is 18.5 Å². The highest BCUT2D eigenvalue weighted by molar-refractivity contribution is 9.11. The van der Waals surface area contributed by atoms with E-state index in [1.807, 2.05) is 24.3 Å². The monoisotopic (exact) mass is 572 g/mol. The van der Waals surface area contributed by atoms with Crippen LogP contribution in [0.2, 0.25) is 0 Å². The summed E-state index contributed by atoms with van der Waals surface area (Å²) in [6, 6.07) is 7.35. The van der Waals surface area contributed by atoms with E-state index in [1.54, 1.807) is 12.1 Å². The van der Waals surface area contributed by atoms with Crippen molar-refractivity contribution >= 4 is 90.3 Å². The third-order valence-corrected chi connectivity index (χ3v) is 4.98. The maximum Gasteiger partial charge on any atom is 0.148 e. The molecule has 2 rings (SSSR count). The van der Waals surface area contributed by atoms with E-state index in [1.165, 1.54) is 0 Å². The standard InChI is InChI=1S/C16H10B2Br4O2/c17-11-5-9(19)6-12(18)15(11)23-3-1-2-4-24-16-13(21)7-10(20)8-14(16)22/h1-2,5-8H,3-4H2/b2-1+. The van der Waals surface area contributed by atoms with Crippen LogP contribution in [0.5, 0.6) is 11.5 Å². The molecule has 0 amide bonds. The maximum atomic E-state index is 5.89. The van der Waals surface area contributed by atoms with Crippen LogP contribution < -0.4 is 20.4 Å². The van der Waals surface area contributed by atoms with Crippen molar-refractivity contribution in [1.82, 2.24) is 0 Å². The van der Waals surface area contributed by atoms with E-state index in [0.29, 0.717) is 29.9 Å². The molecule has 0 spiro atoms. The number of ether oxygens (including phenoxy) is 2. The minimum atomic E-state index is 0.349. The van der Waals surface area contributed by atoms with Gasteiger partial charge in [-0.3, -0.25) is 0 Å². The lowest BCUT2D eigenvalue weighted by Crippen LogP contribution is -2.20. The summed E-state index contributed by atoms with van der Waals surface area (Å²) in [5, 5.41) is 0. The van der Waals surface area contributed by atoms with Crippen molar-refractivity contribution < 1.29 is 9.47 Å². The van der Waals surface area contributed by atoms with Crippen molar-refractivity contribution in [1.29, 1.82) is 0 Å². The summed E-state index contributed by atoms with van der Waals surface area (Å²) < 4.78 is 14.8. The molecule has 0 saturated carbocycles. The summed E-state index contributed by atoms with van der Waals surface area (Å²) in [6.07, 6.45) is 3.72. The summed E-state index contributed by atoms with van der Waals surface area (Å²) in [4.78, 5) is 0. The molecule has 0 heterocycles. The first kappa shape index (κ1) is 20.1. The second kappa shape index (κ2) is 9.51. The van der Waals surface area contributed by atoms with Crippen molar-refractivity contribution in [3.8, 4) is 11.5 Å². The van der Waals surface area contributed by atoms with Gasteiger partial charge in [-0.15, -0.1) is 0 Å². The Hall–Kier alpha value is -0.170. The van der Waals surface area contributed by atoms with Crippen LogP contribution in [-0.4, -0.2) is 28.9 Å². The molecule has 0 saturated heterocycles. The first-order valence-corrected chi connectivity index (χ1v) is 9.95. The molecule has 0 unspecified atom stereocenters. The number of hydrogen-bond acceptors (Lipinski definition) is 2. The van der Waals surface area contributed by atoms with Gasteiger partial charge < -0.3 is 9.47 Å². The van der Waals surface area contributed by atoms with Crippen LogP contribution >= 0.6 is 63.7 Å². The van der Waals surface area contributed by atoms with E-state index in [2.05, 4.69) is 63.7 Å². The van der Waals surface area contributed by atoms with Crippen molar-refractivity contribution in [3.63, 3.8) is 0 Å². The summed E-state index contributed by atoms with van der Waals surface area (Å²) in [5.41, 5.74) is 0.989. The average Bonchev–Trinajstić information content (AvgIpc) is 2.46. The first-order valence-electron chi connectivity index (χ1n) is 6.78. The van der Waals surface area contributed by atoms with Crippen LogP contribution in [0.3, 0.4) is 0 Å². The van der Waals surface area contributed by atoms with Gasteiger partial charge in [0, 0.05) is 8.95 Å². The van der Waals surface area contributed by atoms with Gasteiger partial charge in [0.15, 0.2) is 0 Å². The molecule has 2 aromatic carbocycles. The Labute approximate surface area is 177 Å².